The van der Waals surface area contributed by atoms with Gasteiger partial charge in [-0.1, -0.05) is 0 Å². The highest BCUT2D eigenvalue weighted by Crippen LogP contribution is 2.36. The normalized spacial score (nSPS) is 10.2. The smallest absolute Gasteiger partial charge is 0.0993 e. The Morgan fingerprint density at radius 1 is 1.06 bits per heavy atom. The SMILES string of the molecule is CON([O-])c1cc(N)cc(N)c1N([O-])OC. The topological polar surface area (TPSA) is 123 Å². The Kier molecular flexibility index (Phi) is 3.74. The molecule has 0 aliphatic rings. The highest BCUT2D eigenvalue weighted by molar-refractivity contribution is 5.85. The summed E-state index contributed by atoms with van der Waals surface area (Å²) in [5.41, 5.74) is 11.0. The van der Waals surface area contributed by atoms with Crippen LogP contribution < -0.4 is 21.9 Å². The fourth-order valence-corrected chi connectivity index (χ4v) is 1.19. The Balaban J connectivity index is 3.31. The lowest BCUT2D eigenvalue weighted by Crippen LogP contribution is -2.21. The van der Waals surface area contributed by atoms with E-state index in [4.69, 9.17) is 11.5 Å². The zero-order valence-corrected chi connectivity index (χ0v) is 8.84. The molecule has 0 fully saturated rings. The largest absolute Gasteiger partial charge is 0.733 e. The molecule has 0 amide bonds. The number of benzene rings is 1. The van der Waals surface area contributed by atoms with E-state index in [9.17, 15) is 10.4 Å². The molecule has 0 saturated heterocycles. The van der Waals surface area contributed by atoms with Gasteiger partial charge in [-0.15, -0.1) is 0 Å². The van der Waals surface area contributed by atoms with Crippen molar-refractivity contribution < 1.29 is 9.68 Å². The average molecular weight is 228 g/mol. The highest BCUT2D eigenvalue weighted by atomic mass is 16.9. The van der Waals surface area contributed by atoms with Crippen molar-refractivity contribution in [3.05, 3.63) is 22.5 Å². The molecule has 16 heavy (non-hydrogen) atoms. The molecule has 1 rings (SSSR count). The summed E-state index contributed by atoms with van der Waals surface area (Å²) in [6, 6.07) is 2.60. The summed E-state index contributed by atoms with van der Waals surface area (Å²) in [5, 5.41) is 22.9. The van der Waals surface area contributed by atoms with Crippen LogP contribution >= 0.6 is 0 Å². The summed E-state index contributed by atoms with van der Waals surface area (Å²) >= 11 is 0. The van der Waals surface area contributed by atoms with Gasteiger partial charge in [0.05, 0.1) is 31.3 Å². The van der Waals surface area contributed by atoms with Crippen LogP contribution in [0.15, 0.2) is 12.1 Å². The van der Waals surface area contributed by atoms with Crippen molar-refractivity contribution in [3.63, 3.8) is 0 Å². The number of hydrogen-bond donors (Lipinski definition) is 2. The van der Waals surface area contributed by atoms with E-state index in [-0.39, 0.29) is 33.2 Å². The van der Waals surface area contributed by atoms with Gasteiger partial charge in [-0.3, -0.25) is 9.68 Å². The van der Waals surface area contributed by atoms with Crippen LogP contribution in [0.4, 0.5) is 22.7 Å². The molecule has 8 nitrogen and oxygen atoms in total. The van der Waals surface area contributed by atoms with E-state index in [2.05, 4.69) is 9.68 Å². The first-order chi connectivity index (χ1) is 7.51. The van der Waals surface area contributed by atoms with Crippen molar-refractivity contribution in [2.24, 2.45) is 0 Å². The molecule has 0 heterocycles. The molecule has 90 valence electrons. The van der Waals surface area contributed by atoms with Crippen molar-refractivity contribution in [1.29, 1.82) is 0 Å². The van der Waals surface area contributed by atoms with Gasteiger partial charge in [0.2, 0.25) is 0 Å². The third-order valence-electron chi connectivity index (χ3n) is 1.85. The maximum absolute atomic E-state index is 11.3. The van der Waals surface area contributed by atoms with Crippen LogP contribution in [0.3, 0.4) is 0 Å². The third-order valence-corrected chi connectivity index (χ3v) is 1.85. The minimum absolute atomic E-state index is 0.0183. The summed E-state index contributed by atoms with van der Waals surface area (Å²) < 4.78 is 0. The second kappa shape index (κ2) is 4.86. The van der Waals surface area contributed by atoms with Crippen LogP contribution in [0.2, 0.25) is 0 Å². The van der Waals surface area contributed by atoms with Gasteiger partial charge in [0.1, 0.15) is 0 Å². The molecular weight excluding hydrogens is 216 g/mol. The lowest BCUT2D eigenvalue weighted by Gasteiger charge is -2.36. The van der Waals surface area contributed by atoms with Crippen molar-refractivity contribution >= 4 is 22.7 Å². The van der Waals surface area contributed by atoms with Gasteiger partial charge in [-0.2, -0.15) is 0 Å². The first-order valence-corrected chi connectivity index (χ1v) is 4.23. The summed E-state index contributed by atoms with van der Waals surface area (Å²) in [5.74, 6) is 0. The van der Waals surface area contributed by atoms with Crippen LogP contribution in [0.5, 0.6) is 0 Å². The van der Waals surface area contributed by atoms with Crippen molar-refractivity contribution in [1.82, 2.24) is 0 Å². The third kappa shape index (κ3) is 2.25. The maximum Gasteiger partial charge on any atom is 0.0993 e. The first-order valence-electron chi connectivity index (χ1n) is 4.23. The van der Waals surface area contributed by atoms with Gasteiger partial charge in [-0.05, 0) is 12.1 Å². The molecule has 0 atom stereocenters. The van der Waals surface area contributed by atoms with Crippen molar-refractivity contribution in [2.75, 3.05) is 36.1 Å². The number of rotatable bonds is 4. The highest BCUT2D eigenvalue weighted by Gasteiger charge is 2.11. The Morgan fingerprint density at radius 2 is 1.62 bits per heavy atom. The predicted octanol–water partition coefficient (Wildman–Crippen LogP) is 0.582. The molecular formula is C8H12N4O4-2. The van der Waals surface area contributed by atoms with E-state index in [1.807, 2.05) is 0 Å². The van der Waals surface area contributed by atoms with Crippen LogP contribution in [0.25, 0.3) is 0 Å². The number of nitrogen functional groups attached to an aromatic ring is 2. The number of nitrogens with two attached hydrogens (primary N) is 2. The fourth-order valence-electron chi connectivity index (χ4n) is 1.19. The Hall–Kier alpha value is -1.74. The molecule has 4 N–H and O–H groups in total. The van der Waals surface area contributed by atoms with E-state index in [0.717, 1.165) is 14.2 Å². The molecule has 0 aromatic heterocycles. The molecule has 0 radical (unpaired) electrons. The van der Waals surface area contributed by atoms with E-state index < -0.39 is 0 Å². The molecule has 1 aromatic carbocycles. The summed E-state index contributed by atoms with van der Waals surface area (Å²) in [4.78, 5) is 8.86. The first kappa shape index (κ1) is 12.3. The van der Waals surface area contributed by atoms with Gasteiger partial charge < -0.3 is 32.3 Å². The molecule has 0 bridgehead atoms. The molecule has 8 heteroatoms. The Labute approximate surface area is 92.0 Å². The van der Waals surface area contributed by atoms with Gasteiger partial charge in [0.25, 0.3) is 0 Å². The molecule has 0 unspecified atom stereocenters. The lowest BCUT2D eigenvalue weighted by atomic mass is 10.2. The van der Waals surface area contributed by atoms with E-state index in [0.29, 0.717) is 0 Å². The predicted molar refractivity (Wildman–Crippen MR) is 61.0 cm³/mol. The fraction of sp³-hybridized carbons (Fsp3) is 0.250. The number of hydrogen-bond acceptors (Lipinski definition) is 8. The molecule has 1 aromatic rings. The van der Waals surface area contributed by atoms with E-state index in [1.54, 1.807) is 0 Å². The second-order valence-corrected chi connectivity index (χ2v) is 2.86. The lowest BCUT2D eigenvalue weighted by molar-refractivity contribution is 0.187. The molecule has 0 aliphatic carbocycles. The Morgan fingerprint density at radius 3 is 2.12 bits per heavy atom. The van der Waals surface area contributed by atoms with Crippen LogP contribution in [-0.4, -0.2) is 14.2 Å². The van der Waals surface area contributed by atoms with Crippen LogP contribution in [-0.2, 0) is 9.68 Å². The van der Waals surface area contributed by atoms with E-state index >= 15 is 0 Å². The van der Waals surface area contributed by atoms with Crippen molar-refractivity contribution in [3.8, 4) is 0 Å². The quantitative estimate of drug-likeness (QED) is 0.566. The average Bonchev–Trinajstić information content (AvgIpc) is 2.26. The standard InChI is InChI=1S/C8H12N4O4/c1-15-11(13)7-4-5(9)3-6(10)8(7)12(14)16-2/h3-4H,9-10H2,1-2H3/q-2. The van der Waals surface area contributed by atoms with Gasteiger partial charge in [-0.25, -0.2) is 0 Å². The number of nitrogens with zero attached hydrogens (tertiary/aromatic N) is 2. The maximum atomic E-state index is 11.3. The monoisotopic (exact) mass is 228 g/mol. The van der Waals surface area contributed by atoms with Gasteiger partial charge >= 0.3 is 0 Å². The minimum Gasteiger partial charge on any atom is -0.733 e. The molecule has 0 saturated carbocycles. The Bertz CT molecular complexity index is 373. The number of anilines is 4. The van der Waals surface area contributed by atoms with Crippen molar-refractivity contribution in [2.45, 2.75) is 0 Å². The zero-order valence-electron chi connectivity index (χ0n) is 8.84. The summed E-state index contributed by atoms with van der Waals surface area (Å²) in [6.45, 7) is 0. The van der Waals surface area contributed by atoms with E-state index in [1.165, 1.54) is 12.1 Å². The van der Waals surface area contributed by atoms with Gasteiger partial charge in [0, 0.05) is 5.69 Å². The van der Waals surface area contributed by atoms with Crippen LogP contribution in [0.1, 0.15) is 0 Å². The van der Waals surface area contributed by atoms with Crippen LogP contribution in [0, 0.1) is 10.4 Å². The molecule has 0 aliphatic heterocycles. The molecule has 0 spiro atoms. The minimum atomic E-state index is -0.159. The summed E-state index contributed by atoms with van der Waals surface area (Å²) in [6.07, 6.45) is 0. The zero-order chi connectivity index (χ0) is 12.3. The van der Waals surface area contributed by atoms with Gasteiger partial charge in [0.15, 0.2) is 0 Å². The summed E-state index contributed by atoms with van der Waals surface area (Å²) in [7, 11) is 2.30. The second-order valence-electron chi connectivity index (χ2n) is 2.86.